The molecule has 0 saturated heterocycles. The second-order valence-corrected chi connectivity index (χ2v) is 4.22. The van der Waals surface area contributed by atoms with Gasteiger partial charge in [0.2, 0.25) is 0 Å². The van der Waals surface area contributed by atoms with Gasteiger partial charge in [0.1, 0.15) is 6.61 Å². The van der Waals surface area contributed by atoms with Crippen LogP contribution >= 0.6 is 0 Å². The first-order valence-corrected chi connectivity index (χ1v) is 6.06. The molecule has 0 bridgehead atoms. The van der Waals surface area contributed by atoms with Gasteiger partial charge in [0.05, 0.1) is 12.1 Å². The van der Waals surface area contributed by atoms with Crippen molar-refractivity contribution in [1.82, 2.24) is 4.57 Å². The Morgan fingerprint density at radius 1 is 1.24 bits per heavy atom. The van der Waals surface area contributed by atoms with E-state index in [9.17, 15) is 18.4 Å². The van der Waals surface area contributed by atoms with Crippen molar-refractivity contribution in [2.75, 3.05) is 12.3 Å². The van der Waals surface area contributed by atoms with E-state index < -0.39 is 17.6 Å². The molecule has 7 heteroatoms. The SMILES string of the molecule is Nc1cc(F)c(F)cc1C(=O)OCCn1ccccc1=O. The molecule has 5 nitrogen and oxygen atoms in total. The van der Waals surface area contributed by atoms with Crippen LogP contribution in [0.1, 0.15) is 10.4 Å². The van der Waals surface area contributed by atoms with Crippen molar-refractivity contribution < 1.29 is 18.3 Å². The molecule has 2 rings (SSSR count). The lowest BCUT2D eigenvalue weighted by molar-refractivity contribution is 0.0491. The summed E-state index contributed by atoms with van der Waals surface area (Å²) in [7, 11) is 0. The van der Waals surface area contributed by atoms with E-state index in [2.05, 4.69) is 0 Å². The summed E-state index contributed by atoms with van der Waals surface area (Å²) in [6.07, 6.45) is 1.54. The number of nitrogens with two attached hydrogens (primary N) is 1. The number of esters is 1. The molecule has 2 aromatic rings. The maximum Gasteiger partial charge on any atom is 0.340 e. The number of halogens is 2. The second-order valence-electron chi connectivity index (χ2n) is 4.22. The first-order valence-electron chi connectivity index (χ1n) is 6.06. The molecule has 0 amide bonds. The molecule has 1 heterocycles. The molecule has 0 aliphatic carbocycles. The van der Waals surface area contributed by atoms with Gasteiger partial charge in [0.15, 0.2) is 11.6 Å². The third-order valence-corrected chi connectivity index (χ3v) is 2.78. The van der Waals surface area contributed by atoms with Crippen molar-refractivity contribution in [3.05, 3.63) is 64.1 Å². The van der Waals surface area contributed by atoms with Crippen LogP contribution in [0, 0.1) is 11.6 Å². The van der Waals surface area contributed by atoms with Crippen LogP contribution in [0.4, 0.5) is 14.5 Å². The molecular weight excluding hydrogens is 282 g/mol. The largest absolute Gasteiger partial charge is 0.460 e. The molecule has 0 atom stereocenters. The predicted molar refractivity (Wildman–Crippen MR) is 71.8 cm³/mol. The Hall–Kier alpha value is -2.70. The number of anilines is 1. The third kappa shape index (κ3) is 3.44. The zero-order valence-electron chi connectivity index (χ0n) is 10.9. The smallest absolute Gasteiger partial charge is 0.340 e. The zero-order valence-corrected chi connectivity index (χ0v) is 10.9. The fourth-order valence-corrected chi connectivity index (χ4v) is 1.70. The van der Waals surface area contributed by atoms with E-state index in [1.807, 2.05) is 0 Å². The molecule has 0 aliphatic rings. The van der Waals surface area contributed by atoms with Crippen LogP contribution in [0.15, 0.2) is 41.3 Å². The monoisotopic (exact) mass is 294 g/mol. The van der Waals surface area contributed by atoms with Crippen molar-refractivity contribution in [3.8, 4) is 0 Å². The quantitative estimate of drug-likeness (QED) is 0.686. The molecule has 1 aromatic heterocycles. The highest BCUT2D eigenvalue weighted by molar-refractivity contribution is 5.95. The molecule has 21 heavy (non-hydrogen) atoms. The summed E-state index contributed by atoms with van der Waals surface area (Å²) in [4.78, 5) is 23.1. The number of carbonyl (C=O) groups is 1. The Morgan fingerprint density at radius 2 is 1.95 bits per heavy atom. The molecular formula is C14H12F2N2O3. The van der Waals surface area contributed by atoms with Crippen molar-refractivity contribution in [2.24, 2.45) is 0 Å². The number of ether oxygens (including phenoxy) is 1. The highest BCUT2D eigenvalue weighted by Gasteiger charge is 2.15. The predicted octanol–water partition coefficient (Wildman–Crippen LogP) is 1.57. The summed E-state index contributed by atoms with van der Waals surface area (Å²) in [5.41, 5.74) is 4.73. The van der Waals surface area contributed by atoms with E-state index in [1.165, 1.54) is 10.6 Å². The number of nitrogen functional groups attached to an aromatic ring is 1. The lowest BCUT2D eigenvalue weighted by Gasteiger charge is -2.08. The van der Waals surface area contributed by atoms with Gasteiger partial charge in [-0.2, -0.15) is 0 Å². The Balaban J connectivity index is 2.01. The molecule has 0 fully saturated rings. The topological polar surface area (TPSA) is 74.3 Å². The second kappa shape index (κ2) is 6.17. The minimum Gasteiger partial charge on any atom is -0.460 e. The molecule has 0 saturated carbocycles. The maximum atomic E-state index is 13.1. The van der Waals surface area contributed by atoms with Gasteiger partial charge in [-0.15, -0.1) is 0 Å². The molecule has 0 aliphatic heterocycles. The van der Waals surface area contributed by atoms with E-state index >= 15 is 0 Å². The minimum absolute atomic E-state index is 0.0960. The Kier molecular flexibility index (Phi) is 4.32. The van der Waals surface area contributed by atoms with E-state index in [4.69, 9.17) is 10.5 Å². The van der Waals surface area contributed by atoms with Gasteiger partial charge >= 0.3 is 5.97 Å². The lowest BCUT2D eigenvalue weighted by atomic mass is 10.1. The van der Waals surface area contributed by atoms with Crippen molar-refractivity contribution >= 4 is 11.7 Å². The third-order valence-electron chi connectivity index (χ3n) is 2.78. The van der Waals surface area contributed by atoms with Crippen LogP contribution in [0.2, 0.25) is 0 Å². The molecule has 0 radical (unpaired) electrons. The van der Waals surface area contributed by atoms with Crippen LogP contribution in [0.3, 0.4) is 0 Å². The fraction of sp³-hybridized carbons (Fsp3) is 0.143. The van der Waals surface area contributed by atoms with Crippen LogP contribution in [0.25, 0.3) is 0 Å². The standard InChI is InChI=1S/C14H12F2N2O3/c15-10-7-9(12(17)8-11(10)16)14(20)21-6-5-18-4-2-1-3-13(18)19/h1-4,7-8H,5-6,17H2. The van der Waals surface area contributed by atoms with Crippen molar-refractivity contribution in [1.29, 1.82) is 0 Å². The van der Waals surface area contributed by atoms with E-state index in [-0.39, 0.29) is 30.0 Å². The van der Waals surface area contributed by atoms with Gasteiger partial charge in [-0.3, -0.25) is 4.79 Å². The number of carbonyl (C=O) groups excluding carboxylic acids is 1. The van der Waals surface area contributed by atoms with Gasteiger partial charge in [-0.25, -0.2) is 13.6 Å². The van der Waals surface area contributed by atoms with Crippen LogP contribution < -0.4 is 11.3 Å². The summed E-state index contributed by atoms with van der Waals surface area (Å²) in [5.74, 6) is -3.20. The first kappa shape index (κ1) is 14.7. The highest BCUT2D eigenvalue weighted by atomic mass is 19.2. The Morgan fingerprint density at radius 3 is 2.67 bits per heavy atom. The zero-order chi connectivity index (χ0) is 15.4. The number of hydrogen-bond donors (Lipinski definition) is 1. The summed E-state index contributed by atoms with van der Waals surface area (Å²) >= 11 is 0. The first-order chi connectivity index (χ1) is 9.99. The van der Waals surface area contributed by atoms with Crippen LogP contribution in [0.5, 0.6) is 0 Å². The number of rotatable bonds is 4. The molecule has 2 N–H and O–H groups in total. The minimum atomic E-state index is -1.18. The Labute approximate surface area is 118 Å². The van der Waals surface area contributed by atoms with Gasteiger partial charge in [-0.05, 0) is 12.1 Å². The van der Waals surface area contributed by atoms with Gasteiger partial charge < -0.3 is 15.0 Å². The fourth-order valence-electron chi connectivity index (χ4n) is 1.70. The average Bonchev–Trinajstić information content (AvgIpc) is 2.44. The number of pyridine rings is 1. The Bertz CT molecular complexity index is 728. The van der Waals surface area contributed by atoms with Gasteiger partial charge in [-0.1, -0.05) is 6.07 Å². The van der Waals surface area contributed by atoms with Crippen molar-refractivity contribution in [2.45, 2.75) is 6.54 Å². The lowest BCUT2D eigenvalue weighted by Crippen LogP contribution is -2.21. The number of hydrogen-bond acceptors (Lipinski definition) is 4. The van der Waals surface area contributed by atoms with Crippen molar-refractivity contribution in [3.63, 3.8) is 0 Å². The average molecular weight is 294 g/mol. The maximum absolute atomic E-state index is 13.1. The number of benzene rings is 1. The van der Waals surface area contributed by atoms with Crippen LogP contribution in [-0.4, -0.2) is 17.1 Å². The van der Waals surface area contributed by atoms with Gasteiger partial charge in [0.25, 0.3) is 5.56 Å². The summed E-state index contributed by atoms with van der Waals surface area (Å²) in [6.45, 7) is 0.0518. The molecule has 0 unspecified atom stereocenters. The summed E-state index contributed by atoms with van der Waals surface area (Å²) < 4.78 is 32.2. The summed E-state index contributed by atoms with van der Waals surface area (Å²) in [6, 6.07) is 6.02. The molecule has 1 aromatic carbocycles. The highest BCUT2D eigenvalue weighted by Crippen LogP contribution is 2.17. The number of aromatic nitrogens is 1. The van der Waals surface area contributed by atoms with Crippen LogP contribution in [-0.2, 0) is 11.3 Å². The van der Waals surface area contributed by atoms with E-state index in [0.29, 0.717) is 12.1 Å². The normalized spacial score (nSPS) is 10.4. The van der Waals surface area contributed by atoms with E-state index in [1.54, 1.807) is 18.3 Å². The molecule has 110 valence electrons. The molecule has 0 spiro atoms. The number of nitrogens with zero attached hydrogens (tertiary/aromatic N) is 1. The summed E-state index contributed by atoms with van der Waals surface area (Å²) in [5, 5.41) is 0. The van der Waals surface area contributed by atoms with E-state index in [0.717, 1.165) is 0 Å². The van der Waals surface area contributed by atoms with Gasteiger partial charge in [0, 0.05) is 24.0 Å².